The van der Waals surface area contributed by atoms with Crippen LogP contribution in [0.4, 0.5) is 25.2 Å². The summed E-state index contributed by atoms with van der Waals surface area (Å²) in [6.45, 7) is 27.9. The molecule has 1 aliphatic rings. The van der Waals surface area contributed by atoms with Gasteiger partial charge in [0, 0.05) is 0 Å². The number of hydrogen-bond acceptors (Lipinski definition) is 0. The molecule has 0 N–H and O–H groups in total. The third-order valence-electron chi connectivity index (χ3n) is 5.17. The van der Waals surface area contributed by atoms with Crippen molar-refractivity contribution in [3.63, 3.8) is 0 Å². The molecular formula is C29H43F6PSSe. The first-order valence-corrected chi connectivity index (χ1v) is 16.9. The van der Waals surface area contributed by atoms with Gasteiger partial charge in [-0.1, -0.05) is 0 Å². The van der Waals surface area contributed by atoms with Gasteiger partial charge in [0.05, 0.1) is 0 Å². The van der Waals surface area contributed by atoms with Gasteiger partial charge in [-0.05, 0) is 0 Å². The van der Waals surface area contributed by atoms with Crippen LogP contribution in [0, 0.1) is 10.8 Å². The van der Waals surface area contributed by atoms with E-state index in [4.69, 9.17) is 0 Å². The van der Waals surface area contributed by atoms with E-state index in [1.807, 2.05) is 11.3 Å². The van der Waals surface area contributed by atoms with Crippen molar-refractivity contribution in [3.05, 3.63) is 66.3 Å². The van der Waals surface area contributed by atoms with Crippen LogP contribution in [0.2, 0.25) is 0 Å². The van der Waals surface area contributed by atoms with Gasteiger partial charge in [-0.3, -0.25) is 0 Å². The molecule has 218 valence electrons. The summed E-state index contributed by atoms with van der Waals surface area (Å²) in [6, 6.07) is 4.73. The molecule has 0 atom stereocenters. The Morgan fingerprint density at radius 2 is 0.974 bits per heavy atom. The molecule has 1 aliphatic heterocycles. The minimum absolute atomic E-state index is 0.160. The zero-order valence-electron chi connectivity index (χ0n) is 24.6. The van der Waals surface area contributed by atoms with E-state index >= 15 is 0 Å². The van der Waals surface area contributed by atoms with Crippen molar-refractivity contribution in [1.82, 2.24) is 0 Å². The van der Waals surface area contributed by atoms with Crippen LogP contribution in [0.25, 0.3) is 6.08 Å². The van der Waals surface area contributed by atoms with Gasteiger partial charge >= 0.3 is 236 Å². The van der Waals surface area contributed by atoms with Gasteiger partial charge in [0.1, 0.15) is 0 Å². The third kappa shape index (κ3) is 14.4. The fourth-order valence-corrected chi connectivity index (χ4v) is 6.82. The van der Waals surface area contributed by atoms with Crippen molar-refractivity contribution in [2.75, 3.05) is 0 Å². The Balaban J connectivity index is 0.000000905. The molecule has 0 aromatic carbocycles. The quantitative estimate of drug-likeness (QED) is 0.130. The normalized spacial score (nSPS) is 17.7. The van der Waals surface area contributed by atoms with Crippen molar-refractivity contribution >= 4 is 40.2 Å². The van der Waals surface area contributed by atoms with Crippen LogP contribution in [-0.2, 0) is 10.8 Å². The predicted molar refractivity (Wildman–Crippen MR) is 158 cm³/mol. The van der Waals surface area contributed by atoms with E-state index in [9.17, 15) is 25.2 Å². The molecule has 0 nitrogen and oxygen atoms in total. The fraction of sp³-hybridized carbons (Fsp3) is 0.552. The monoisotopic (exact) mass is 648 g/mol. The van der Waals surface area contributed by atoms with Crippen molar-refractivity contribution < 1.29 is 25.2 Å². The van der Waals surface area contributed by atoms with E-state index in [-0.39, 0.29) is 21.7 Å². The van der Waals surface area contributed by atoms with E-state index in [0.29, 0.717) is 15.0 Å². The summed E-state index contributed by atoms with van der Waals surface area (Å²) in [4.78, 5) is 2.88. The SMILES string of the molecule is CC(C)(C)C1=CC(=C/C=C/c2cc(C(C)(C)C)[s+]c(C(C)(C)C)c2)C=C(C(C)(C)C)[Se]1.F[P-](F)(F)(F)(F)F. The van der Waals surface area contributed by atoms with E-state index in [1.165, 1.54) is 20.9 Å². The second-order valence-electron chi connectivity index (χ2n) is 13.7. The van der Waals surface area contributed by atoms with Gasteiger partial charge in [-0.2, -0.15) is 0 Å². The van der Waals surface area contributed by atoms with Crippen LogP contribution in [-0.4, -0.2) is 15.0 Å². The van der Waals surface area contributed by atoms with Crippen molar-refractivity contribution in [2.24, 2.45) is 10.8 Å². The second-order valence-corrected chi connectivity index (χ2v) is 19.0. The summed E-state index contributed by atoms with van der Waals surface area (Å²) in [6.07, 6.45) is 11.7. The standard InChI is InChI=1S/C29H43SSe.F6P/c1-26(2,3)22-16-20(17-23(30-22)27(4,5)6)14-13-15-21-18-24(28(7,8)9)31-25(19-21)29(10,11)12;1-7(2,3,4,5)6/h13-19H,1-12H3;/q+1;-1/b14-13+;. The summed E-state index contributed by atoms with van der Waals surface area (Å²) < 4.78 is 62.4. The fourth-order valence-electron chi connectivity index (χ4n) is 2.98. The first-order chi connectivity index (χ1) is 16.3. The molecule has 0 fully saturated rings. The average Bonchev–Trinajstić information content (AvgIpc) is 2.62. The third-order valence-corrected chi connectivity index (χ3v) is 11.1. The summed E-state index contributed by atoms with van der Waals surface area (Å²) in [5.74, 6) is 0. The van der Waals surface area contributed by atoms with Crippen LogP contribution < -0.4 is 0 Å². The Kier molecular flexibility index (Phi) is 9.67. The van der Waals surface area contributed by atoms with Crippen molar-refractivity contribution in [3.8, 4) is 0 Å². The second kappa shape index (κ2) is 10.5. The van der Waals surface area contributed by atoms with Crippen LogP contribution in [0.1, 0.15) is 98.4 Å². The van der Waals surface area contributed by atoms with Crippen LogP contribution >= 0.6 is 19.1 Å². The molecule has 0 saturated carbocycles. The molecule has 0 spiro atoms. The maximum atomic E-state index is 9.87. The molecule has 2 heterocycles. The molecule has 0 radical (unpaired) electrons. The Hall–Kier alpha value is -0.941. The summed E-state index contributed by atoms with van der Waals surface area (Å²) in [5, 5.41) is 0. The van der Waals surface area contributed by atoms with Crippen LogP contribution in [0.15, 0.2) is 51.0 Å². The zero-order valence-corrected chi connectivity index (χ0v) is 28.0. The van der Waals surface area contributed by atoms with E-state index in [0.717, 1.165) is 0 Å². The minimum atomic E-state index is -10.7. The molecule has 0 bridgehead atoms. The summed E-state index contributed by atoms with van der Waals surface area (Å²) in [5.41, 5.74) is 3.38. The first kappa shape index (κ1) is 35.1. The number of hydrogen-bond donors (Lipinski definition) is 0. The van der Waals surface area contributed by atoms with Gasteiger partial charge in [0.2, 0.25) is 0 Å². The number of halogens is 6. The molecule has 38 heavy (non-hydrogen) atoms. The van der Waals surface area contributed by atoms with Crippen molar-refractivity contribution in [1.29, 1.82) is 0 Å². The van der Waals surface area contributed by atoms with Crippen LogP contribution in [0.3, 0.4) is 0 Å². The topological polar surface area (TPSA) is 0 Å². The molecule has 0 aliphatic carbocycles. The van der Waals surface area contributed by atoms with Gasteiger partial charge in [-0.25, -0.2) is 0 Å². The number of allylic oxidation sites excluding steroid dienone is 7. The van der Waals surface area contributed by atoms with Gasteiger partial charge in [0.25, 0.3) is 0 Å². The molecular weight excluding hydrogens is 604 g/mol. The van der Waals surface area contributed by atoms with Gasteiger partial charge in [-0.15, -0.1) is 0 Å². The average molecular weight is 648 g/mol. The Bertz CT molecular complexity index is 1070. The maximum absolute atomic E-state index is 10.7. The molecule has 2 rings (SSSR count). The summed E-state index contributed by atoms with van der Waals surface area (Å²) in [7, 11) is -10.7. The van der Waals surface area contributed by atoms with E-state index in [2.05, 4.69) is 126 Å². The van der Waals surface area contributed by atoms with E-state index in [1.54, 1.807) is 8.94 Å². The molecule has 1 aromatic rings. The van der Waals surface area contributed by atoms with E-state index < -0.39 is 7.81 Å². The molecule has 0 amide bonds. The molecule has 0 saturated heterocycles. The van der Waals surface area contributed by atoms with Gasteiger partial charge in [0.15, 0.2) is 0 Å². The zero-order chi connectivity index (χ0) is 30.2. The first-order valence-electron chi connectivity index (χ1n) is 12.4. The summed E-state index contributed by atoms with van der Waals surface area (Å²) >= 11 is 2.38. The van der Waals surface area contributed by atoms with Crippen molar-refractivity contribution in [2.45, 2.75) is 93.9 Å². The molecule has 0 unspecified atom stereocenters. The van der Waals surface area contributed by atoms with Crippen LogP contribution in [0.5, 0.6) is 0 Å². The Morgan fingerprint density at radius 3 is 1.26 bits per heavy atom. The molecule has 9 heteroatoms. The number of rotatable bonds is 2. The predicted octanol–water partition coefficient (Wildman–Crippen LogP) is 12.5. The Labute approximate surface area is 235 Å². The Morgan fingerprint density at radius 1 is 0.632 bits per heavy atom. The van der Waals surface area contributed by atoms with Gasteiger partial charge < -0.3 is 0 Å². The molecule has 1 aromatic heterocycles.